The smallest absolute Gasteiger partial charge is 0.149 e. The Kier molecular flexibility index (Phi) is 4.75. The highest BCUT2D eigenvalue weighted by molar-refractivity contribution is 5.51. The normalized spacial score (nSPS) is 16.9. The van der Waals surface area contributed by atoms with E-state index in [9.17, 15) is 8.78 Å². The van der Waals surface area contributed by atoms with Gasteiger partial charge in [0.15, 0.2) is 0 Å². The third-order valence-electron chi connectivity index (χ3n) is 3.97. The SMILES string of the molecule is CCC1CCN(c2c(F)cc(CNC)cc2F)CC1. The lowest BCUT2D eigenvalue weighted by Crippen LogP contribution is -2.34. The molecule has 1 heterocycles. The van der Waals surface area contributed by atoms with Crippen LogP contribution in [0.3, 0.4) is 0 Å². The topological polar surface area (TPSA) is 15.3 Å². The van der Waals surface area contributed by atoms with Crippen LogP contribution in [0.4, 0.5) is 14.5 Å². The second-order valence-electron chi connectivity index (χ2n) is 5.28. The first-order valence-corrected chi connectivity index (χ1v) is 7.03. The first-order chi connectivity index (χ1) is 9.15. The fourth-order valence-electron chi connectivity index (χ4n) is 2.79. The molecule has 0 radical (unpaired) electrons. The van der Waals surface area contributed by atoms with Gasteiger partial charge in [0.25, 0.3) is 0 Å². The summed E-state index contributed by atoms with van der Waals surface area (Å²) in [5, 5.41) is 2.90. The minimum absolute atomic E-state index is 0.148. The van der Waals surface area contributed by atoms with Crippen molar-refractivity contribution in [1.82, 2.24) is 5.32 Å². The van der Waals surface area contributed by atoms with Crippen molar-refractivity contribution in [1.29, 1.82) is 0 Å². The molecule has 2 nitrogen and oxygen atoms in total. The number of hydrogen-bond acceptors (Lipinski definition) is 2. The molecular formula is C15H22F2N2. The van der Waals surface area contributed by atoms with Crippen LogP contribution in [-0.4, -0.2) is 20.1 Å². The zero-order valence-corrected chi connectivity index (χ0v) is 11.7. The summed E-state index contributed by atoms with van der Waals surface area (Å²) in [7, 11) is 1.76. The van der Waals surface area contributed by atoms with Gasteiger partial charge >= 0.3 is 0 Å². The van der Waals surface area contributed by atoms with E-state index in [4.69, 9.17) is 0 Å². The van der Waals surface area contributed by atoms with Crippen molar-refractivity contribution >= 4 is 5.69 Å². The van der Waals surface area contributed by atoms with Gasteiger partial charge < -0.3 is 10.2 Å². The van der Waals surface area contributed by atoms with Crippen molar-refractivity contribution in [3.63, 3.8) is 0 Å². The summed E-state index contributed by atoms with van der Waals surface area (Å²) in [5.41, 5.74) is 0.791. The number of rotatable bonds is 4. The highest BCUT2D eigenvalue weighted by atomic mass is 19.1. The van der Waals surface area contributed by atoms with Crippen LogP contribution in [-0.2, 0) is 6.54 Å². The van der Waals surface area contributed by atoms with Crippen LogP contribution in [0, 0.1) is 17.6 Å². The Bertz CT molecular complexity index is 403. The van der Waals surface area contributed by atoms with Crippen LogP contribution in [0.25, 0.3) is 0 Å². The molecule has 0 aromatic heterocycles. The molecule has 2 rings (SSSR count). The Morgan fingerprint density at radius 1 is 1.21 bits per heavy atom. The van der Waals surface area contributed by atoms with Crippen molar-refractivity contribution < 1.29 is 8.78 Å². The molecular weight excluding hydrogens is 246 g/mol. The van der Waals surface area contributed by atoms with E-state index in [1.807, 2.05) is 4.90 Å². The van der Waals surface area contributed by atoms with E-state index in [0.717, 1.165) is 32.4 Å². The second-order valence-corrected chi connectivity index (χ2v) is 5.28. The number of nitrogens with one attached hydrogen (secondary N) is 1. The van der Waals surface area contributed by atoms with Crippen molar-refractivity contribution in [3.8, 4) is 0 Å². The Hall–Kier alpha value is -1.16. The van der Waals surface area contributed by atoms with E-state index in [-0.39, 0.29) is 5.69 Å². The number of piperidine rings is 1. The van der Waals surface area contributed by atoms with E-state index in [0.29, 0.717) is 18.0 Å². The summed E-state index contributed by atoms with van der Waals surface area (Å²) in [6, 6.07) is 2.86. The highest BCUT2D eigenvalue weighted by Crippen LogP contribution is 2.30. The minimum Gasteiger partial charge on any atom is -0.367 e. The summed E-state index contributed by atoms with van der Waals surface area (Å²) < 4.78 is 28.2. The van der Waals surface area contributed by atoms with Crippen LogP contribution >= 0.6 is 0 Å². The van der Waals surface area contributed by atoms with Gasteiger partial charge in [0.05, 0.1) is 0 Å². The van der Waals surface area contributed by atoms with Crippen molar-refractivity contribution in [2.45, 2.75) is 32.7 Å². The molecule has 0 atom stereocenters. The van der Waals surface area contributed by atoms with E-state index < -0.39 is 11.6 Å². The number of hydrogen-bond donors (Lipinski definition) is 1. The molecule has 19 heavy (non-hydrogen) atoms. The molecule has 1 aromatic rings. The molecule has 0 unspecified atom stereocenters. The van der Waals surface area contributed by atoms with Crippen LogP contribution in [0.5, 0.6) is 0 Å². The van der Waals surface area contributed by atoms with E-state index in [1.54, 1.807) is 7.05 Å². The number of anilines is 1. The highest BCUT2D eigenvalue weighted by Gasteiger charge is 2.23. The maximum Gasteiger partial charge on any atom is 0.149 e. The fourth-order valence-corrected chi connectivity index (χ4v) is 2.79. The van der Waals surface area contributed by atoms with Crippen molar-refractivity contribution in [2.24, 2.45) is 5.92 Å². The molecule has 0 saturated carbocycles. The standard InChI is InChI=1S/C15H22F2N2/c1-3-11-4-6-19(7-5-11)15-13(16)8-12(10-18-2)9-14(15)17/h8-9,11,18H,3-7,10H2,1-2H3. The monoisotopic (exact) mass is 268 g/mol. The molecule has 0 spiro atoms. The Balaban J connectivity index is 2.16. The summed E-state index contributed by atoms with van der Waals surface area (Å²) in [6.45, 7) is 4.15. The van der Waals surface area contributed by atoms with E-state index >= 15 is 0 Å². The van der Waals surface area contributed by atoms with E-state index in [2.05, 4.69) is 12.2 Å². The maximum absolute atomic E-state index is 14.1. The molecule has 1 aliphatic heterocycles. The van der Waals surface area contributed by atoms with Gasteiger partial charge in [0.1, 0.15) is 17.3 Å². The first-order valence-electron chi connectivity index (χ1n) is 7.03. The molecule has 0 aliphatic carbocycles. The number of halogens is 2. The minimum atomic E-state index is -0.444. The summed E-state index contributed by atoms with van der Waals surface area (Å²) in [4.78, 5) is 1.85. The predicted octanol–water partition coefficient (Wildman–Crippen LogP) is 3.31. The lowest BCUT2D eigenvalue weighted by Gasteiger charge is -2.33. The maximum atomic E-state index is 14.1. The van der Waals surface area contributed by atoms with Gasteiger partial charge in [-0.3, -0.25) is 0 Å². The second kappa shape index (κ2) is 6.33. The Labute approximate surface area is 113 Å². The van der Waals surface area contributed by atoms with Gasteiger partial charge in [-0.15, -0.1) is 0 Å². The van der Waals surface area contributed by atoms with E-state index in [1.165, 1.54) is 12.1 Å². The zero-order valence-electron chi connectivity index (χ0n) is 11.7. The van der Waals surface area contributed by atoms with Gasteiger partial charge in [-0.1, -0.05) is 13.3 Å². The van der Waals surface area contributed by atoms with Crippen LogP contribution in [0.1, 0.15) is 31.7 Å². The van der Waals surface area contributed by atoms with Gasteiger partial charge in [-0.25, -0.2) is 8.78 Å². The molecule has 106 valence electrons. The number of nitrogens with zero attached hydrogens (tertiary/aromatic N) is 1. The van der Waals surface area contributed by atoms with Crippen LogP contribution in [0.2, 0.25) is 0 Å². The Morgan fingerprint density at radius 3 is 2.26 bits per heavy atom. The average Bonchev–Trinajstić information content (AvgIpc) is 2.39. The molecule has 1 saturated heterocycles. The van der Waals surface area contributed by atoms with Crippen LogP contribution < -0.4 is 10.2 Å². The number of benzene rings is 1. The molecule has 1 aliphatic rings. The van der Waals surface area contributed by atoms with Gasteiger partial charge in [0, 0.05) is 19.6 Å². The zero-order chi connectivity index (χ0) is 13.8. The summed E-state index contributed by atoms with van der Waals surface area (Å²) >= 11 is 0. The third kappa shape index (κ3) is 3.24. The van der Waals surface area contributed by atoms with Crippen LogP contribution in [0.15, 0.2) is 12.1 Å². The lowest BCUT2D eigenvalue weighted by molar-refractivity contribution is 0.389. The van der Waals surface area contributed by atoms with Gasteiger partial charge in [-0.2, -0.15) is 0 Å². The first kappa shape index (κ1) is 14.3. The largest absolute Gasteiger partial charge is 0.367 e. The average molecular weight is 268 g/mol. The molecule has 1 aromatic carbocycles. The van der Waals surface area contributed by atoms with Crippen molar-refractivity contribution in [3.05, 3.63) is 29.3 Å². The summed E-state index contributed by atoms with van der Waals surface area (Å²) in [5.74, 6) is -0.189. The predicted molar refractivity (Wildman–Crippen MR) is 74.3 cm³/mol. The third-order valence-corrected chi connectivity index (χ3v) is 3.97. The van der Waals surface area contributed by atoms with Gasteiger partial charge in [-0.05, 0) is 43.5 Å². The summed E-state index contributed by atoms with van der Waals surface area (Å²) in [6.07, 6.45) is 3.20. The Morgan fingerprint density at radius 2 is 1.79 bits per heavy atom. The quantitative estimate of drug-likeness (QED) is 0.901. The molecule has 1 N–H and O–H groups in total. The lowest BCUT2D eigenvalue weighted by atomic mass is 9.94. The fraction of sp³-hybridized carbons (Fsp3) is 0.600. The van der Waals surface area contributed by atoms with Gasteiger partial charge in [0.2, 0.25) is 0 Å². The molecule has 0 amide bonds. The molecule has 4 heteroatoms. The molecule has 1 fully saturated rings. The molecule has 0 bridgehead atoms. The van der Waals surface area contributed by atoms with Crippen molar-refractivity contribution in [2.75, 3.05) is 25.0 Å².